The molecule has 0 saturated carbocycles. The molecule has 0 unspecified atom stereocenters. The fraction of sp³-hybridized carbons (Fsp3) is 0.250. The van der Waals surface area contributed by atoms with E-state index in [0.29, 0.717) is 60.6 Å². The molecule has 0 radical (unpaired) electrons. The molecule has 1 aliphatic heterocycles. The van der Waals surface area contributed by atoms with Crippen molar-refractivity contribution in [2.24, 2.45) is 0 Å². The average Bonchev–Trinajstić information content (AvgIpc) is 2.79. The molecule has 2 N–H and O–H groups in total. The zero-order chi connectivity index (χ0) is 21.5. The van der Waals surface area contributed by atoms with Crippen molar-refractivity contribution >= 4 is 0 Å². The topological polar surface area (TPSA) is 86.6 Å². The van der Waals surface area contributed by atoms with E-state index in [-0.39, 0.29) is 24.7 Å². The minimum Gasteiger partial charge on any atom is -0.504 e. The van der Waals surface area contributed by atoms with Crippen molar-refractivity contribution in [3.8, 4) is 34.5 Å². The standard InChI is InChI=1S/C24H24O7/c25-19-13-17-15-30-23-7-3-1-5-21(23)28-11-9-27-10-12-29-22-6-2-4-8-24(22)31-16-18(17)14-20(19)26/h1-8,13-14,25-26H,9-12,15-16H2. The van der Waals surface area contributed by atoms with E-state index in [4.69, 9.17) is 23.7 Å². The van der Waals surface area contributed by atoms with Crippen LogP contribution in [0.1, 0.15) is 11.1 Å². The van der Waals surface area contributed by atoms with Gasteiger partial charge in [-0.1, -0.05) is 24.3 Å². The van der Waals surface area contributed by atoms with Gasteiger partial charge in [-0.15, -0.1) is 0 Å². The van der Waals surface area contributed by atoms with Crippen LogP contribution in [0.15, 0.2) is 60.7 Å². The Bertz CT molecular complexity index is 938. The van der Waals surface area contributed by atoms with Gasteiger partial charge in [-0.3, -0.25) is 0 Å². The summed E-state index contributed by atoms with van der Waals surface area (Å²) < 4.78 is 29.1. The van der Waals surface area contributed by atoms with Gasteiger partial charge in [0, 0.05) is 0 Å². The molecule has 4 rings (SSSR count). The van der Waals surface area contributed by atoms with E-state index in [1.807, 2.05) is 48.5 Å². The zero-order valence-corrected chi connectivity index (χ0v) is 17.0. The minimum atomic E-state index is -0.223. The number of rotatable bonds is 0. The van der Waals surface area contributed by atoms with Gasteiger partial charge in [0.05, 0.1) is 13.2 Å². The van der Waals surface area contributed by atoms with Gasteiger partial charge in [-0.25, -0.2) is 0 Å². The molecule has 1 heterocycles. The normalized spacial score (nSPS) is 14.8. The number of ether oxygens (including phenoxy) is 5. The Balaban J connectivity index is 1.62. The maximum Gasteiger partial charge on any atom is 0.161 e. The lowest BCUT2D eigenvalue weighted by atomic mass is 10.1. The average molecular weight is 424 g/mol. The number of aromatic hydroxyl groups is 2. The molecule has 0 saturated heterocycles. The summed E-state index contributed by atoms with van der Waals surface area (Å²) in [7, 11) is 0. The number of phenols is 2. The van der Waals surface area contributed by atoms with Crippen LogP contribution in [-0.4, -0.2) is 36.6 Å². The van der Waals surface area contributed by atoms with Crippen molar-refractivity contribution in [3.05, 3.63) is 71.8 Å². The molecule has 0 bridgehead atoms. The van der Waals surface area contributed by atoms with E-state index >= 15 is 0 Å². The second-order valence-corrected chi connectivity index (χ2v) is 6.89. The molecule has 0 spiro atoms. The molecule has 1 aliphatic rings. The van der Waals surface area contributed by atoms with Gasteiger partial charge in [0.25, 0.3) is 0 Å². The van der Waals surface area contributed by atoms with Crippen LogP contribution in [-0.2, 0) is 18.0 Å². The maximum atomic E-state index is 9.99. The molecule has 31 heavy (non-hydrogen) atoms. The third kappa shape index (κ3) is 5.32. The second-order valence-electron chi connectivity index (χ2n) is 6.89. The third-order valence-electron chi connectivity index (χ3n) is 4.73. The minimum absolute atomic E-state index is 0.154. The SMILES string of the molecule is Oc1cc2c(cc1O)COc1ccccc1OCCOCCOc1ccccc1OC2. The number of hydrogen-bond donors (Lipinski definition) is 2. The first-order valence-electron chi connectivity index (χ1n) is 10.0. The van der Waals surface area contributed by atoms with Crippen LogP contribution in [0, 0.1) is 0 Å². The summed E-state index contributed by atoms with van der Waals surface area (Å²) in [5, 5.41) is 20.0. The molecule has 162 valence electrons. The summed E-state index contributed by atoms with van der Waals surface area (Å²) in [4.78, 5) is 0. The Morgan fingerprint density at radius 1 is 0.516 bits per heavy atom. The van der Waals surface area contributed by atoms with Crippen molar-refractivity contribution in [2.75, 3.05) is 26.4 Å². The first-order chi connectivity index (χ1) is 15.2. The predicted molar refractivity (Wildman–Crippen MR) is 113 cm³/mol. The van der Waals surface area contributed by atoms with Crippen LogP contribution < -0.4 is 18.9 Å². The van der Waals surface area contributed by atoms with Crippen LogP contribution in [0.25, 0.3) is 0 Å². The summed E-state index contributed by atoms with van der Waals surface area (Å²) in [5.74, 6) is 1.89. The van der Waals surface area contributed by atoms with E-state index in [2.05, 4.69) is 0 Å². The molecule has 0 atom stereocenters. The Morgan fingerprint density at radius 3 is 1.32 bits per heavy atom. The molecular formula is C24H24O7. The van der Waals surface area contributed by atoms with Gasteiger partial charge >= 0.3 is 0 Å². The monoisotopic (exact) mass is 424 g/mol. The van der Waals surface area contributed by atoms with Gasteiger partial charge in [0.15, 0.2) is 34.5 Å². The number of fused-ring (bicyclic) bond motifs is 3. The summed E-state index contributed by atoms with van der Waals surface area (Å²) in [6.07, 6.45) is 0. The Morgan fingerprint density at radius 2 is 0.903 bits per heavy atom. The Hall–Kier alpha value is -3.58. The molecular weight excluding hydrogens is 400 g/mol. The lowest BCUT2D eigenvalue weighted by molar-refractivity contribution is 0.0746. The lowest BCUT2D eigenvalue weighted by Gasteiger charge is -2.16. The van der Waals surface area contributed by atoms with Gasteiger partial charge in [-0.05, 0) is 47.5 Å². The number of para-hydroxylation sites is 4. The van der Waals surface area contributed by atoms with Gasteiger partial charge < -0.3 is 33.9 Å². The third-order valence-corrected chi connectivity index (χ3v) is 4.73. The molecule has 7 heteroatoms. The number of benzene rings is 3. The predicted octanol–water partition coefficient (Wildman–Crippen LogP) is 4.04. The highest BCUT2D eigenvalue weighted by atomic mass is 16.6. The van der Waals surface area contributed by atoms with Crippen molar-refractivity contribution in [1.29, 1.82) is 0 Å². The van der Waals surface area contributed by atoms with E-state index < -0.39 is 0 Å². The van der Waals surface area contributed by atoms with E-state index in [1.54, 1.807) is 0 Å². The zero-order valence-electron chi connectivity index (χ0n) is 17.0. The summed E-state index contributed by atoms with van der Waals surface area (Å²) in [6.45, 7) is 1.86. The van der Waals surface area contributed by atoms with Crippen LogP contribution >= 0.6 is 0 Å². The summed E-state index contributed by atoms with van der Waals surface area (Å²) >= 11 is 0. The van der Waals surface area contributed by atoms with Crippen LogP contribution in [0.4, 0.5) is 0 Å². The first-order valence-corrected chi connectivity index (χ1v) is 10.0. The first kappa shape index (κ1) is 20.7. The van der Waals surface area contributed by atoms with Gasteiger partial charge in [-0.2, -0.15) is 0 Å². The highest BCUT2D eigenvalue weighted by Crippen LogP contribution is 2.33. The molecule has 0 aliphatic carbocycles. The van der Waals surface area contributed by atoms with Crippen LogP contribution in [0.2, 0.25) is 0 Å². The summed E-state index contributed by atoms with van der Waals surface area (Å²) in [6, 6.07) is 17.6. The van der Waals surface area contributed by atoms with Crippen molar-refractivity contribution in [3.63, 3.8) is 0 Å². The van der Waals surface area contributed by atoms with Gasteiger partial charge in [0.2, 0.25) is 0 Å². The molecule has 0 amide bonds. The van der Waals surface area contributed by atoms with Gasteiger partial charge in [0.1, 0.15) is 26.4 Å². The van der Waals surface area contributed by atoms with Crippen molar-refractivity contribution < 1.29 is 33.9 Å². The quantitative estimate of drug-likeness (QED) is 0.527. The number of phenolic OH excluding ortho intramolecular Hbond substituents is 2. The van der Waals surface area contributed by atoms with E-state index in [0.717, 1.165) is 0 Å². The smallest absolute Gasteiger partial charge is 0.161 e. The van der Waals surface area contributed by atoms with Crippen LogP contribution in [0.5, 0.6) is 34.5 Å². The highest BCUT2D eigenvalue weighted by molar-refractivity contribution is 5.47. The largest absolute Gasteiger partial charge is 0.504 e. The van der Waals surface area contributed by atoms with Crippen LogP contribution in [0.3, 0.4) is 0 Å². The molecule has 0 aromatic heterocycles. The fourth-order valence-electron chi connectivity index (χ4n) is 3.14. The fourth-order valence-corrected chi connectivity index (χ4v) is 3.14. The molecule has 3 aromatic rings. The molecule has 0 fully saturated rings. The van der Waals surface area contributed by atoms with E-state index in [9.17, 15) is 10.2 Å². The maximum absolute atomic E-state index is 9.99. The Kier molecular flexibility index (Phi) is 6.64. The molecule has 7 nitrogen and oxygen atoms in total. The van der Waals surface area contributed by atoms with E-state index in [1.165, 1.54) is 12.1 Å². The number of hydrogen-bond acceptors (Lipinski definition) is 7. The lowest BCUT2D eigenvalue weighted by Crippen LogP contribution is -2.12. The highest BCUT2D eigenvalue weighted by Gasteiger charge is 2.14. The molecule has 3 aromatic carbocycles. The Labute approximate surface area is 180 Å². The van der Waals surface area contributed by atoms with Crippen molar-refractivity contribution in [2.45, 2.75) is 13.2 Å². The second kappa shape index (κ2) is 9.95. The summed E-state index contributed by atoms with van der Waals surface area (Å²) in [5.41, 5.74) is 1.35. The van der Waals surface area contributed by atoms with Crippen molar-refractivity contribution in [1.82, 2.24) is 0 Å².